The first kappa shape index (κ1) is 13.7. The average molecular weight is 287 g/mol. The Balaban J connectivity index is 2.37. The Labute approximate surface area is 122 Å². The Morgan fingerprint density at radius 1 is 1.16 bits per heavy atom. The lowest BCUT2D eigenvalue weighted by atomic mass is 10.1. The molecule has 0 aliphatic carbocycles. The molecule has 0 spiro atoms. The highest BCUT2D eigenvalue weighted by Gasteiger charge is 2.07. The number of hydrazone groups is 1. The first-order valence-electron chi connectivity index (χ1n) is 5.69. The molecule has 1 heterocycles. The van der Waals surface area contributed by atoms with Crippen molar-refractivity contribution in [2.45, 2.75) is 0 Å². The van der Waals surface area contributed by atoms with Gasteiger partial charge in [0.25, 0.3) is 0 Å². The van der Waals surface area contributed by atoms with Crippen LogP contribution >= 0.6 is 24.0 Å². The maximum absolute atomic E-state index is 5.10. The van der Waals surface area contributed by atoms with E-state index in [0.29, 0.717) is 4.32 Å². The molecule has 1 aromatic heterocycles. The number of hydrogen-bond donors (Lipinski definition) is 1. The molecule has 2 aromatic rings. The smallest absolute Gasteiger partial charge is 0.153 e. The van der Waals surface area contributed by atoms with Crippen molar-refractivity contribution in [1.29, 1.82) is 0 Å². The lowest BCUT2D eigenvalue weighted by Crippen LogP contribution is -2.16. The zero-order valence-electron chi connectivity index (χ0n) is 10.4. The van der Waals surface area contributed by atoms with Crippen molar-refractivity contribution in [1.82, 2.24) is 10.4 Å². The molecule has 0 saturated carbocycles. The molecule has 2 rings (SSSR count). The van der Waals surface area contributed by atoms with Crippen LogP contribution in [0.25, 0.3) is 0 Å². The number of nitrogens with zero attached hydrogens (tertiary/aromatic N) is 2. The molecule has 0 radical (unpaired) electrons. The third-order valence-corrected chi connectivity index (χ3v) is 3.45. The van der Waals surface area contributed by atoms with Crippen LogP contribution in [0.2, 0.25) is 0 Å². The third kappa shape index (κ3) is 3.87. The summed E-state index contributed by atoms with van der Waals surface area (Å²) < 4.78 is 0.629. The standard InChI is InChI=1S/C14H13N3S2/c1-19-14(18)17-16-13(11-7-3-2-4-8-11)12-9-5-6-10-15-12/h2-10H,1H3,(H,17,18)/b16-13+. The van der Waals surface area contributed by atoms with Crippen molar-refractivity contribution in [3.63, 3.8) is 0 Å². The van der Waals surface area contributed by atoms with Gasteiger partial charge in [-0.05, 0) is 18.4 Å². The monoisotopic (exact) mass is 287 g/mol. The second-order valence-electron chi connectivity index (χ2n) is 3.64. The highest BCUT2D eigenvalue weighted by Crippen LogP contribution is 2.08. The molecular formula is C14H13N3S2. The van der Waals surface area contributed by atoms with E-state index < -0.39 is 0 Å². The van der Waals surface area contributed by atoms with Gasteiger partial charge < -0.3 is 0 Å². The van der Waals surface area contributed by atoms with Crippen LogP contribution in [0.1, 0.15) is 11.3 Å². The van der Waals surface area contributed by atoms with Gasteiger partial charge in [0.15, 0.2) is 4.32 Å². The van der Waals surface area contributed by atoms with Gasteiger partial charge in [0.05, 0.1) is 5.69 Å². The SMILES string of the molecule is CSC(=S)N/N=C(\c1ccccc1)c1ccccn1. The van der Waals surface area contributed by atoms with Crippen molar-refractivity contribution in [2.75, 3.05) is 6.26 Å². The van der Waals surface area contributed by atoms with Gasteiger partial charge in [-0.1, -0.05) is 60.4 Å². The van der Waals surface area contributed by atoms with E-state index >= 15 is 0 Å². The summed E-state index contributed by atoms with van der Waals surface area (Å²) >= 11 is 6.55. The zero-order chi connectivity index (χ0) is 13.5. The normalized spacial score (nSPS) is 11.1. The Hall–Kier alpha value is -1.72. The maximum atomic E-state index is 5.10. The van der Waals surface area contributed by atoms with Crippen LogP contribution in [0, 0.1) is 0 Å². The molecule has 19 heavy (non-hydrogen) atoms. The number of aromatic nitrogens is 1. The van der Waals surface area contributed by atoms with E-state index in [1.807, 2.05) is 54.8 Å². The first-order valence-corrected chi connectivity index (χ1v) is 7.33. The molecule has 0 unspecified atom stereocenters. The maximum Gasteiger partial charge on any atom is 0.153 e. The van der Waals surface area contributed by atoms with Crippen LogP contribution < -0.4 is 5.43 Å². The highest BCUT2D eigenvalue weighted by atomic mass is 32.2. The van der Waals surface area contributed by atoms with Crippen LogP contribution in [0.15, 0.2) is 59.8 Å². The molecule has 0 atom stereocenters. The van der Waals surface area contributed by atoms with Crippen molar-refractivity contribution in [3.05, 3.63) is 66.0 Å². The van der Waals surface area contributed by atoms with Crippen molar-refractivity contribution in [2.24, 2.45) is 5.10 Å². The second kappa shape index (κ2) is 7.01. The topological polar surface area (TPSA) is 37.3 Å². The average Bonchev–Trinajstić information content (AvgIpc) is 2.49. The zero-order valence-corrected chi connectivity index (χ0v) is 12.0. The predicted octanol–water partition coefficient (Wildman–Crippen LogP) is 3.07. The molecule has 0 amide bonds. The van der Waals surface area contributed by atoms with Gasteiger partial charge in [-0.2, -0.15) is 5.10 Å². The molecule has 1 aromatic carbocycles. The lowest BCUT2D eigenvalue weighted by Gasteiger charge is -2.07. The fourth-order valence-electron chi connectivity index (χ4n) is 1.52. The van der Waals surface area contributed by atoms with Crippen molar-refractivity contribution in [3.8, 4) is 0 Å². The minimum Gasteiger partial charge on any atom is -0.262 e. The van der Waals surface area contributed by atoms with Crippen LogP contribution in [0.3, 0.4) is 0 Å². The quantitative estimate of drug-likeness (QED) is 0.535. The molecule has 96 valence electrons. The molecule has 0 aliphatic rings. The molecule has 0 fully saturated rings. The Morgan fingerprint density at radius 3 is 2.53 bits per heavy atom. The van der Waals surface area contributed by atoms with Gasteiger partial charge in [-0.25, -0.2) is 0 Å². The van der Waals surface area contributed by atoms with Gasteiger partial charge in [0, 0.05) is 11.8 Å². The van der Waals surface area contributed by atoms with Gasteiger partial charge in [0.2, 0.25) is 0 Å². The van der Waals surface area contributed by atoms with Gasteiger partial charge in [-0.15, -0.1) is 0 Å². The van der Waals surface area contributed by atoms with Gasteiger partial charge >= 0.3 is 0 Å². The first-order chi connectivity index (χ1) is 9.31. The number of nitrogens with one attached hydrogen (secondary N) is 1. The minimum atomic E-state index is 0.629. The number of thiocarbonyl (C=S) groups is 1. The van der Waals surface area contributed by atoms with Crippen LogP contribution in [-0.4, -0.2) is 21.3 Å². The summed E-state index contributed by atoms with van der Waals surface area (Å²) in [6.07, 6.45) is 3.66. The van der Waals surface area contributed by atoms with E-state index in [2.05, 4.69) is 15.5 Å². The number of benzene rings is 1. The van der Waals surface area contributed by atoms with Crippen LogP contribution in [0.4, 0.5) is 0 Å². The molecular weight excluding hydrogens is 274 g/mol. The molecule has 0 aliphatic heterocycles. The fourth-order valence-corrected chi connectivity index (χ4v) is 1.70. The lowest BCUT2D eigenvalue weighted by molar-refractivity contribution is 1.06. The Bertz CT molecular complexity index is 526. The summed E-state index contributed by atoms with van der Waals surface area (Å²) in [5.74, 6) is 0. The van der Waals surface area contributed by atoms with Gasteiger partial charge in [0.1, 0.15) is 5.71 Å². The Morgan fingerprint density at radius 2 is 1.89 bits per heavy atom. The van der Waals surface area contributed by atoms with E-state index in [1.54, 1.807) is 6.20 Å². The largest absolute Gasteiger partial charge is 0.262 e. The van der Waals surface area contributed by atoms with Crippen LogP contribution in [-0.2, 0) is 0 Å². The number of rotatable bonds is 3. The number of pyridine rings is 1. The molecule has 1 N–H and O–H groups in total. The predicted molar refractivity (Wildman–Crippen MR) is 85.6 cm³/mol. The molecule has 5 heteroatoms. The third-order valence-electron chi connectivity index (χ3n) is 2.40. The fraction of sp³-hybridized carbons (Fsp3) is 0.0714. The van der Waals surface area contributed by atoms with E-state index in [0.717, 1.165) is 17.0 Å². The minimum absolute atomic E-state index is 0.629. The van der Waals surface area contributed by atoms with E-state index in [-0.39, 0.29) is 0 Å². The summed E-state index contributed by atoms with van der Waals surface area (Å²) in [5, 5.41) is 4.38. The molecule has 0 saturated heterocycles. The van der Waals surface area contributed by atoms with E-state index in [9.17, 15) is 0 Å². The summed E-state index contributed by atoms with van der Waals surface area (Å²) in [4.78, 5) is 4.34. The second-order valence-corrected chi connectivity index (χ2v) is 5.13. The summed E-state index contributed by atoms with van der Waals surface area (Å²) in [6.45, 7) is 0. The number of hydrogen-bond acceptors (Lipinski definition) is 4. The summed E-state index contributed by atoms with van der Waals surface area (Å²) in [6, 6.07) is 15.7. The Kier molecular flexibility index (Phi) is 5.06. The molecule has 0 bridgehead atoms. The summed E-state index contributed by atoms with van der Waals surface area (Å²) in [7, 11) is 0. The van der Waals surface area contributed by atoms with Crippen LogP contribution in [0.5, 0.6) is 0 Å². The molecule has 3 nitrogen and oxygen atoms in total. The van der Waals surface area contributed by atoms with Gasteiger partial charge in [-0.3, -0.25) is 10.4 Å². The van der Waals surface area contributed by atoms with Crippen molar-refractivity contribution >= 4 is 34.0 Å². The van der Waals surface area contributed by atoms with E-state index in [4.69, 9.17) is 12.2 Å². The summed E-state index contributed by atoms with van der Waals surface area (Å²) in [5.41, 5.74) is 5.46. The van der Waals surface area contributed by atoms with E-state index in [1.165, 1.54) is 11.8 Å². The van der Waals surface area contributed by atoms with Crippen molar-refractivity contribution < 1.29 is 0 Å². The highest BCUT2D eigenvalue weighted by molar-refractivity contribution is 8.22. The number of thioether (sulfide) groups is 1.